The highest BCUT2D eigenvalue weighted by Gasteiger charge is 2.73. The van der Waals surface area contributed by atoms with E-state index in [0.29, 0.717) is 25.7 Å². The monoisotopic (exact) mass is 348 g/mol. The number of hydrogen-bond acceptors (Lipinski definition) is 6. The van der Waals surface area contributed by atoms with E-state index in [-0.39, 0.29) is 48.5 Å². The highest BCUT2D eigenvalue weighted by atomic mass is 16.7. The van der Waals surface area contributed by atoms with E-state index in [1.165, 1.54) is 0 Å². The molecule has 0 aromatic carbocycles. The molecule has 0 aromatic rings. The van der Waals surface area contributed by atoms with Gasteiger partial charge in [-0.25, -0.2) is 4.79 Å². The van der Waals surface area contributed by atoms with Crippen molar-refractivity contribution in [3.8, 4) is 0 Å². The maximum atomic E-state index is 12.5. The number of hydrogen-bond donors (Lipinski definition) is 0. The van der Waals surface area contributed by atoms with E-state index >= 15 is 0 Å². The van der Waals surface area contributed by atoms with Crippen LogP contribution >= 0.6 is 0 Å². The van der Waals surface area contributed by atoms with Crippen LogP contribution in [0.2, 0.25) is 0 Å². The standard InChI is InChI=1S/C19H24O6/c1-10(2)11-4-5-19-16(25-19)15(23-17(19)22)9-18(3)8-13(21)14(24-18)7-12(20)6-11/h11,14-16H,1,4-9H2,2-3H3/t11-,14-,15+,16+,18+,19+/m0/s1. The molecule has 4 aliphatic rings. The molecule has 6 heteroatoms. The first-order valence-corrected chi connectivity index (χ1v) is 8.99. The minimum atomic E-state index is -0.867. The van der Waals surface area contributed by atoms with Gasteiger partial charge in [0.05, 0.1) is 5.60 Å². The third-order valence-corrected chi connectivity index (χ3v) is 6.10. The number of allylic oxidation sites excluding steroid dienone is 1. The number of ketones is 2. The number of rotatable bonds is 1. The third-order valence-electron chi connectivity index (χ3n) is 6.10. The second-order valence-electron chi connectivity index (χ2n) is 8.30. The highest BCUT2D eigenvalue weighted by molar-refractivity contribution is 5.92. The Morgan fingerprint density at radius 1 is 1.20 bits per heavy atom. The quantitative estimate of drug-likeness (QED) is 0.409. The smallest absolute Gasteiger partial charge is 0.341 e. The second-order valence-corrected chi connectivity index (χ2v) is 8.30. The molecule has 0 aromatic heterocycles. The molecule has 6 nitrogen and oxygen atoms in total. The zero-order valence-corrected chi connectivity index (χ0v) is 14.7. The molecule has 4 aliphatic heterocycles. The molecule has 25 heavy (non-hydrogen) atoms. The van der Waals surface area contributed by atoms with Crippen molar-refractivity contribution < 1.29 is 28.6 Å². The summed E-state index contributed by atoms with van der Waals surface area (Å²) in [5.41, 5.74) is -0.673. The molecule has 4 heterocycles. The average Bonchev–Trinajstić information content (AvgIpc) is 3.10. The minimum Gasteiger partial charge on any atom is -0.457 e. The lowest BCUT2D eigenvalue weighted by Crippen LogP contribution is -2.33. The van der Waals surface area contributed by atoms with Crippen LogP contribution in [0.25, 0.3) is 0 Å². The summed E-state index contributed by atoms with van der Waals surface area (Å²) in [4.78, 5) is 37.1. The maximum absolute atomic E-state index is 12.5. The zero-order chi connectivity index (χ0) is 18.0. The fraction of sp³-hybridized carbons (Fsp3) is 0.737. The van der Waals surface area contributed by atoms with Crippen molar-refractivity contribution in [3.63, 3.8) is 0 Å². The molecule has 0 saturated carbocycles. The lowest BCUT2D eigenvalue weighted by molar-refractivity contribution is -0.158. The molecule has 0 spiro atoms. The molecule has 4 saturated heterocycles. The molecule has 0 amide bonds. The van der Waals surface area contributed by atoms with E-state index in [4.69, 9.17) is 14.2 Å². The summed E-state index contributed by atoms with van der Waals surface area (Å²) in [7, 11) is 0. The van der Waals surface area contributed by atoms with Crippen LogP contribution in [0.3, 0.4) is 0 Å². The number of Topliss-reactive ketones (excluding diaryl/α,β-unsaturated/α-hetero) is 2. The van der Waals surface area contributed by atoms with E-state index in [0.717, 1.165) is 5.57 Å². The lowest BCUT2D eigenvalue weighted by Gasteiger charge is -2.27. The molecule has 0 radical (unpaired) electrons. The van der Waals surface area contributed by atoms with Gasteiger partial charge in [0.15, 0.2) is 11.4 Å². The Balaban J connectivity index is 1.62. The van der Waals surface area contributed by atoms with Gasteiger partial charge < -0.3 is 14.2 Å². The molecule has 4 rings (SSSR count). The number of ether oxygens (including phenoxy) is 3. The Bertz CT molecular complexity index is 669. The van der Waals surface area contributed by atoms with E-state index < -0.39 is 17.3 Å². The largest absolute Gasteiger partial charge is 0.457 e. The number of fused-ring (bicyclic) bond motifs is 2. The number of carbonyl (C=O) groups excluding carboxylic acids is 3. The predicted molar refractivity (Wildman–Crippen MR) is 86.8 cm³/mol. The normalized spacial score (nSPS) is 46.6. The number of carbonyl (C=O) groups is 3. The summed E-state index contributed by atoms with van der Waals surface area (Å²) in [6.07, 6.45) is 0.945. The van der Waals surface area contributed by atoms with Crippen LogP contribution in [-0.4, -0.2) is 47.0 Å². The van der Waals surface area contributed by atoms with Crippen LogP contribution in [0.5, 0.6) is 0 Å². The summed E-state index contributed by atoms with van der Waals surface area (Å²) < 4.78 is 17.3. The molecular formula is C19H24O6. The van der Waals surface area contributed by atoms with Crippen LogP contribution < -0.4 is 0 Å². The van der Waals surface area contributed by atoms with Crippen LogP contribution in [0.4, 0.5) is 0 Å². The first-order valence-electron chi connectivity index (χ1n) is 8.99. The highest BCUT2D eigenvalue weighted by Crippen LogP contribution is 2.53. The van der Waals surface area contributed by atoms with Gasteiger partial charge in [0.25, 0.3) is 0 Å². The zero-order valence-electron chi connectivity index (χ0n) is 14.7. The second kappa shape index (κ2) is 5.48. The minimum absolute atomic E-state index is 0.00773. The van der Waals surface area contributed by atoms with Gasteiger partial charge in [-0.1, -0.05) is 12.2 Å². The van der Waals surface area contributed by atoms with Crippen molar-refractivity contribution in [1.29, 1.82) is 0 Å². The summed E-state index contributed by atoms with van der Waals surface area (Å²) in [6.45, 7) is 7.72. The van der Waals surface area contributed by atoms with Crippen LogP contribution in [0, 0.1) is 5.92 Å². The summed E-state index contributed by atoms with van der Waals surface area (Å²) >= 11 is 0. The van der Waals surface area contributed by atoms with Crippen LogP contribution in [-0.2, 0) is 28.6 Å². The fourth-order valence-corrected chi connectivity index (χ4v) is 4.59. The van der Waals surface area contributed by atoms with Crippen molar-refractivity contribution in [1.82, 2.24) is 0 Å². The number of esters is 1. The topological polar surface area (TPSA) is 82.2 Å². The maximum Gasteiger partial charge on any atom is 0.341 e. The Morgan fingerprint density at radius 3 is 2.64 bits per heavy atom. The van der Waals surface area contributed by atoms with Crippen LogP contribution in [0.1, 0.15) is 52.4 Å². The fourth-order valence-electron chi connectivity index (χ4n) is 4.59. The Hall–Kier alpha value is -1.53. The molecule has 4 bridgehead atoms. The Morgan fingerprint density at radius 2 is 1.96 bits per heavy atom. The van der Waals surface area contributed by atoms with Crippen molar-refractivity contribution in [2.24, 2.45) is 5.92 Å². The van der Waals surface area contributed by atoms with Gasteiger partial charge in [-0.05, 0) is 32.6 Å². The molecule has 6 atom stereocenters. The van der Waals surface area contributed by atoms with Crippen molar-refractivity contribution in [2.45, 2.75) is 81.9 Å². The van der Waals surface area contributed by atoms with Gasteiger partial charge in [0.2, 0.25) is 0 Å². The first-order chi connectivity index (χ1) is 11.7. The van der Waals surface area contributed by atoms with Crippen molar-refractivity contribution in [3.05, 3.63) is 12.2 Å². The van der Waals surface area contributed by atoms with Gasteiger partial charge in [0, 0.05) is 25.7 Å². The Labute approximate surface area is 146 Å². The van der Waals surface area contributed by atoms with E-state index in [1.807, 2.05) is 13.8 Å². The molecule has 0 N–H and O–H groups in total. The van der Waals surface area contributed by atoms with Crippen molar-refractivity contribution in [2.75, 3.05) is 0 Å². The molecule has 136 valence electrons. The summed E-state index contributed by atoms with van der Waals surface area (Å²) in [5, 5.41) is 0. The van der Waals surface area contributed by atoms with Crippen LogP contribution in [0.15, 0.2) is 12.2 Å². The summed E-state index contributed by atoms with van der Waals surface area (Å²) in [6, 6.07) is 0. The van der Waals surface area contributed by atoms with E-state index in [1.54, 1.807) is 0 Å². The first kappa shape index (κ1) is 16.9. The van der Waals surface area contributed by atoms with Gasteiger partial charge in [0.1, 0.15) is 24.1 Å². The van der Waals surface area contributed by atoms with Gasteiger partial charge >= 0.3 is 5.97 Å². The average molecular weight is 348 g/mol. The molecular weight excluding hydrogens is 324 g/mol. The predicted octanol–water partition coefficient (Wildman–Crippen LogP) is 1.89. The molecule has 0 unspecified atom stereocenters. The van der Waals surface area contributed by atoms with Gasteiger partial charge in [-0.2, -0.15) is 0 Å². The van der Waals surface area contributed by atoms with E-state index in [2.05, 4.69) is 6.58 Å². The lowest BCUT2D eigenvalue weighted by atomic mass is 9.84. The summed E-state index contributed by atoms with van der Waals surface area (Å²) in [5.74, 6) is -0.390. The number of epoxide rings is 1. The van der Waals surface area contributed by atoms with Gasteiger partial charge in [-0.3, -0.25) is 9.59 Å². The molecule has 0 aliphatic carbocycles. The third kappa shape index (κ3) is 2.75. The van der Waals surface area contributed by atoms with E-state index in [9.17, 15) is 14.4 Å². The van der Waals surface area contributed by atoms with Crippen molar-refractivity contribution >= 4 is 17.5 Å². The van der Waals surface area contributed by atoms with Gasteiger partial charge in [-0.15, -0.1) is 0 Å². The SMILES string of the molecule is C=C(C)[C@H]1CC[C@@]23O[C@@H]2[C@@H](C[C@@]2(C)CC(=O)[C@H](CC(=O)C1)O2)OC3=O. The Kier molecular flexibility index (Phi) is 3.71. The molecule has 4 fully saturated rings.